The summed E-state index contributed by atoms with van der Waals surface area (Å²) in [5.74, 6) is -0.524. The highest BCUT2D eigenvalue weighted by molar-refractivity contribution is 5.90. The van der Waals surface area contributed by atoms with E-state index in [1.54, 1.807) is 6.08 Å². The Morgan fingerprint density at radius 1 is 1.43 bits per heavy atom. The van der Waals surface area contributed by atoms with Crippen LogP contribution in [0.4, 0.5) is 0 Å². The summed E-state index contributed by atoms with van der Waals surface area (Å²) in [7, 11) is 0. The van der Waals surface area contributed by atoms with Crippen molar-refractivity contribution in [2.75, 3.05) is 0 Å². The topological polar surface area (TPSA) is 49.3 Å². The second-order valence-corrected chi connectivity index (χ2v) is 2.90. The smallest absolute Gasteiger partial charge is 0.267 e. The van der Waals surface area contributed by atoms with Gasteiger partial charge in [0.2, 0.25) is 0 Å². The van der Waals surface area contributed by atoms with Gasteiger partial charge in [0.15, 0.2) is 0 Å². The SMILES string of the molecule is CCc1ccc(C=CC(=O)NO)cc1. The van der Waals surface area contributed by atoms with Gasteiger partial charge < -0.3 is 0 Å². The molecule has 0 aliphatic carbocycles. The molecule has 0 unspecified atom stereocenters. The Morgan fingerprint density at radius 3 is 2.57 bits per heavy atom. The molecule has 0 bridgehead atoms. The van der Waals surface area contributed by atoms with Gasteiger partial charge in [-0.05, 0) is 23.6 Å². The second kappa shape index (κ2) is 5.19. The maximum atomic E-state index is 10.7. The number of hydrogen-bond acceptors (Lipinski definition) is 2. The molecule has 0 saturated carbocycles. The summed E-state index contributed by atoms with van der Waals surface area (Å²) in [5.41, 5.74) is 3.73. The first-order valence-electron chi connectivity index (χ1n) is 4.47. The third kappa shape index (κ3) is 3.03. The Labute approximate surface area is 83.0 Å². The molecular weight excluding hydrogens is 178 g/mol. The van der Waals surface area contributed by atoms with Gasteiger partial charge in [-0.15, -0.1) is 0 Å². The van der Waals surface area contributed by atoms with Crippen LogP contribution >= 0.6 is 0 Å². The van der Waals surface area contributed by atoms with E-state index in [1.165, 1.54) is 17.1 Å². The molecule has 3 heteroatoms. The summed E-state index contributed by atoms with van der Waals surface area (Å²) >= 11 is 0. The number of nitrogens with one attached hydrogen (secondary N) is 1. The first-order valence-corrected chi connectivity index (χ1v) is 4.47. The maximum Gasteiger partial charge on any atom is 0.267 e. The highest BCUT2D eigenvalue weighted by atomic mass is 16.5. The number of benzene rings is 1. The molecule has 0 saturated heterocycles. The molecule has 0 fully saturated rings. The molecule has 0 aliphatic heterocycles. The molecule has 0 spiro atoms. The van der Waals surface area contributed by atoms with Crippen LogP contribution in [0.15, 0.2) is 30.3 Å². The van der Waals surface area contributed by atoms with Crippen molar-refractivity contribution in [2.24, 2.45) is 0 Å². The quantitative estimate of drug-likeness (QED) is 0.434. The molecule has 0 radical (unpaired) electrons. The number of aryl methyl sites for hydroxylation is 1. The van der Waals surface area contributed by atoms with Gasteiger partial charge in [0.05, 0.1) is 0 Å². The first kappa shape index (κ1) is 10.5. The van der Waals surface area contributed by atoms with Crippen molar-refractivity contribution in [2.45, 2.75) is 13.3 Å². The van der Waals surface area contributed by atoms with E-state index in [1.807, 2.05) is 24.3 Å². The lowest BCUT2D eigenvalue weighted by atomic mass is 10.1. The molecule has 3 nitrogen and oxygen atoms in total. The fourth-order valence-corrected chi connectivity index (χ4v) is 1.07. The van der Waals surface area contributed by atoms with Gasteiger partial charge in [-0.25, -0.2) is 5.48 Å². The van der Waals surface area contributed by atoms with Gasteiger partial charge in [-0.2, -0.15) is 0 Å². The normalized spacial score (nSPS) is 10.4. The van der Waals surface area contributed by atoms with Crippen LogP contribution in [0.2, 0.25) is 0 Å². The number of carbonyl (C=O) groups is 1. The van der Waals surface area contributed by atoms with E-state index in [2.05, 4.69) is 6.92 Å². The van der Waals surface area contributed by atoms with Gasteiger partial charge in [0.1, 0.15) is 0 Å². The monoisotopic (exact) mass is 191 g/mol. The van der Waals surface area contributed by atoms with Crippen LogP contribution in [0.3, 0.4) is 0 Å². The standard InChI is InChI=1S/C11H13NO2/c1-2-9-3-5-10(6-4-9)7-8-11(13)12-14/h3-8,14H,2H2,1H3,(H,12,13). The summed E-state index contributed by atoms with van der Waals surface area (Å²) in [6.07, 6.45) is 3.92. The average Bonchev–Trinajstić information content (AvgIpc) is 2.26. The molecule has 1 amide bonds. The van der Waals surface area contributed by atoms with E-state index >= 15 is 0 Å². The van der Waals surface area contributed by atoms with Crippen molar-refractivity contribution in [3.63, 3.8) is 0 Å². The van der Waals surface area contributed by atoms with Crippen LogP contribution in [0.5, 0.6) is 0 Å². The molecule has 14 heavy (non-hydrogen) atoms. The summed E-state index contributed by atoms with van der Waals surface area (Å²) < 4.78 is 0. The lowest BCUT2D eigenvalue weighted by Gasteiger charge is -1.96. The lowest BCUT2D eigenvalue weighted by Crippen LogP contribution is -2.14. The van der Waals surface area contributed by atoms with Crippen molar-refractivity contribution in [1.82, 2.24) is 5.48 Å². The minimum absolute atomic E-state index is 0.524. The first-order chi connectivity index (χ1) is 6.76. The van der Waals surface area contributed by atoms with Crippen molar-refractivity contribution < 1.29 is 10.0 Å². The predicted octanol–water partition coefficient (Wildman–Crippen LogP) is 1.77. The van der Waals surface area contributed by atoms with Crippen LogP contribution < -0.4 is 5.48 Å². The van der Waals surface area contributed by atoms with E-state index in [-0.39, 0.29) is 0 Å². The van der Waals surface area contributed by atoms with Crippen LogP contribution in [0.1, 0.15) is 18.1 Å². The molecule has 2 N–H and O–H groups in total. The van der Waals surface area contributed by atoms with E-state index in [0.29, 0.717) is 0 Å². The summed E-state index contributed by atoms with van der Waals surface area (Å²) in [5, 5.41) is 8.24. The zero-order chi connectivity index (χ0) is 10.4. The highest BCUT2D eigenvalue weighted by Crippen LogP contribution is 2.06. The fourth-order valence-electron chi connectivity index (χ4n) is 1.07. The van der Waals surface area contributed by atoms with E-state index in [0.717, 1.165) is 12.0 Å². The van der Waals surface area contributed by atoms with Crippen molar-refractivity contribution in [1.29, 1.82) is 0 Å². The van der Waals surface area contributed by atoms with Crippen LogP contribution in [-0.2, 0) is 11.2 Å². The molecule has 0 aromatic heterocycles. The third-order valence-corrected chi connectivity index (χ3v) is 1.93. The molecule has 74 valence electrons. The van der Waals surface area contributed by atoms with Gasteiger partial charge >= 0.3 is 0 Å². The van der Waals surface area contributed by atoms with E-state index in [4.69, 9.17) is 5.21 Å². The van der Waals surface area contributed by atoms with Crippen LogP contribution in [-0.4, -0.2) is 11.1 Å². The highest BCUT2D eigenvalue weighted by Gasteiger charge is 1.91. The maximum absolute atomic E-state index is 10.7. The van der Waals surface area contributed by atoms with Gasteiger partial charge in [-0.1, -0.05) is 31.2 Å². The molecule has 1 aromatic rings. The number of carbonyl (C=O) groups excluding carboxylic acids is 1. The predicted molar refractivity (Wildman–Crippen MR) is 54.8 cm³/mol. The number of rotatable bonds is 3. The molecule has 1 rings (SSSR count). The Hall–Kier alpha value is -1.61. The minimum atomic E-state index is -0.524. The summed E-state index contributed by atoms with van der Waals surface area (Å²) in [6, 6.07) is 7.88. The van der Waals surface area contributed by atoms with Crippen molar-refractivity contribution in [3.05, 3.63) is 41.5 Å². The lowest BCUT2D eigenvalue weighted by molar-refractivity contribution is -0.124. The van der Waals surface area contributed by atoms with E-state index in [9.17, 15) is 4.79 Å². The second-order valence-electron chi connectivity index (χ2n) is 2.90. The van der Waals surface area contributed by atoms with Gasteiger partial charge in [-0.3, -0.25) is 10.0 Å². The number of hydrogen-bond donors (Lipinski definition) is 2. The molecule has 1 aromatic carbocycles. The zero-order valence-electron chi connectivity index (χ0n) is 8.03. The zero-order valence-corrected chi connectivity index (χ0v) is 8.03. The Morgan fingerprint density at radius 2 is 2.07 bits per heavy atom. The summed E-state index contributed by atoms with van der Waals surface area (Å²) in [6.45, 7) is 2.09. The average molecular weight is 191 g/mol. The van der Waals surface area contributed by atoms with Crippen molar-refractivity contribution in [3.8, 4) is 0 Å². The van der Waals surface area contributed by atoms with Gasteiger partial charge in [0.25, 0.3) is 5.91 Å². The Bertz CT molecular complexity index is 328. The van der Waals surface area contributed by atoms with E-state index < -0.39 is 5.91 Å². The Balaban J connectivity index is 2.68. The fraction of sp³-hybridized carbons (Fsp3) is 0.182. The van der Waals surface area contributed by atoms with Crippen LogP contribution in [0, 0.1) is 0 Å². The largest absolute Gasteiger partial charge is 0.288 e. The van der Waals surface area contributed by atoms with Crippen LogP contribution in [0.25, 0.3) is 6.08 Å². The number of hydroxylamine groups is 1. The minimum Gasteiger partial charge on any atom is -0.288 e. The van der Waals surface area contributed by atoms with Gasteiger partial charge in [0, 0.05) is 6.08 Å². The molecule has 0 atom stereocenters. The van der Waals surface area contributed by atoms with Crippen molar-refractivity contribution >= 4 is 12.0 Å². The number of amides is 1. The molecular formula is C11H13NO2. The third-order valence-electron chi connectivity index (χ3n) is 1.93. The summed E-state index contributed by atoms with van der Waals surface area (Å²) in [4.78, 5) is 10.7. The molecule has 0 aliphatic rings. The Kier molecular flexibility index (Phi) is 3.88. The molecule has 0 heterocycles.